The van der Waals surface area contributed by atoms with E-state index in [-0.39, 0.29) is 17.9 Å². The van der Waals surface area contributed by atoms with E-state index < -0.39 is 0 Å². The maximum Gasteiger partial charge on any atom is 0.236 e. The number of aliphatic hydroxyl groups excluding tert-OH is 1. The van der Waals surface area contributed by atoms with Crippen LogP contribution in [0.1, 0.15) is 6.92 Å². The molecule has 0 aromatic heterocycles. The molecule has 0 bridgehead atoms. The Bertz CT molecular complexity index is 307. The van der Waals surface area contributed by atoms with Crippen LogP contribution in [-0.2, 0) is 9.59 Å². The number of piperazine rings is 1. The number of amides is 2. The molecule has 2 fully saturated rings. The Hall–Kier alpha value is -1.14. The van der Waals surface area contributed by atoms with E-state index in [9.17, 15) is 9.59 Å². The van der Waals surface area contributed by atoms with Crippen molar-refractivity contribution in [1.29, 1.82) is 0 Å². The summed E-state index contributed by atoms with van der Waals surface area (Å²) in [6.07, 6.45) is -0.266. The van der Waals surface area contributed by atoms with Crippen LogP contribution in [0.2, 0.25) is 0 Å². The average molecular weight is 241 g/mol. The first-order valence-corrected chi connectivity index (χ1v) is 6.00. The molecule has 2 rings (SSSR count). The fourth-order valence-corrected chi connectivity index (χ4v) is 2.23. The third-order valence-corrected chi connectivity index (χ3v) is 3.37. The molecule has 96 valence electrons. The van der Waals surface area contributed by atoms with Crippen LogP contribution in [0.5, 0.6) is 0 Å². The Morgan fingerprint density at radius 2 is 1.65 bits per heavy atom. The van der Waals surface area contributed by atoms with E-state index in [0.29, 0.717) is 45.8 Å². The van der Waals surface area contributed by atoms with Crippen molar-refractivity contribution in [1.82, 2.24) is 14.7 Å². The van der Waals surface area contributed by atoms with E-state index >= 15 is 0 Å². The lowest BCUT2D eigenvalue weighted by Gasteiger charge is -2.39. The quantitative estimate of drug-likeness (QED) is 0.629. The predicted molar refractivity (Wildman–Crippen MR) is 61.3 cm³/mol. The smallest absolute Gasteiger partial charge is 0.236 e. The summed E-state index contributed by atoms with van der Waals surface area (Å²) in [5.41, 5.74) is 0. The number of carbonyl (C=O) groups excluding carboxylic acids is 2. The molecular formula is C11H19N3O3. The molecule has 0 atom stereocenters. The number of hydrogen-bond acceptors (Lipinski definition) is 4. The number of likely N-dealkylation sites (tertiary alicyclic amines) is 1. The van der Waals surface area contributed by atoms with Gasteiger partial charge in [-0.1, -0.05) is 0 Å². The highest BCUT2D eigenvalue weighted by molar-refractivity contribution is 5.79. The number of β-amino-alcohol motifs (C(OH)–C–C–N with tert-alkyl or cyclic N) is 1. The summed E-state index contributed by atoms with van der Waals surface area (Å²) >= 11 is 0. The van der Waals surface area contributed by atoms with Gasteiger partial charge in [-0.25, -0.2) is 0 Å². The molecule has 2 aliphatic rings. The van der Waals surface area contributed by atoms with Gasteiger partial charge in [0.1, 0.15) is 0 Å². The molecule has 2 aliphatic heterocycles. The molecule has 17 heavy (non-hydrogen) atoms. The van der Waals surface area contributed by atoms with Crippen molar-refractivity contribution in [3.05, 3.63) is 0 Å². The lowest BCUT2D eigenvalue weighted by Crippen LogP contribution is -2.57. The highest BCUT2D eigenvalue weighted by Crippen LogP contribution is 2.09. The van der Waals surface area contributed by atoms with Gasteiger partial charge in [0, 0.05) is 46.2 Å². The lowest BCUT2D eigenvalue weighted by molar-refractivity contribution is -0.141. The van der Waals surface area contributed by atoms with Crippen molar-refractivity contribution in [3.63, 3.8) is 0 Å². The minimum Gasteiger partial charge on any atom is -0.390 e. The third-order valence-electron chi connectivity index (χ3n) is 3.37. The van der Waals surface area contributed by atoms with Crippen LogP contribution in [0.15, 0.2) is 0 Å². The molecule has 0 aliphatic carbocycles. The van der Waals surface area contributed by atoms with Crippen molar-refractivity contribution in [2.45, 2.75) is 13.0 Å². The minimum absolute atomic E-state index is 0.0722. The van der Waals surface area contributed by atoms with Gasteiger partial charge in [0.2, 0.25) is 11.8 Å². The van der Waals surface area contributed by atoms with Gasteiger partial charge in [0.05, 0.1) is 12.6 Å². The third kappa shape index (κ3) is 2.95. The van der Waals surface area contributed by atoms with Crippen molar-refractivity contribution in [2.24, 2.45) is 0 Å². The van der Waals surface area contributed by atoms with Crippen LogP contribution in [0.3, 0.4) is 0 Å². The van der Waals surface area contributed by atoms with Crippen LogP contribution < -0.4 is 0 Å². The minimum atomic E-state index is -0.266. The van der Waals surface area contributed by atoms with Crippen molar-refractivity contribution in [3.8, 4) is 0 Å². The fraction of sp³-hybridized carbons (Fsp3) is 0.818. The standard InChI is InChI=1S/C11H19N3O3/c1-9(15)13-2-4-14(5-3-13)11(17)8-12-6-10(16)7-12/h10,16H,2-8H2,1H3. The normalized spacial score (nSPS) is 22.5. The predicted octanol–water partition coefficient (Wildman–Crippen LogP) is -1.65. The van der Waals surface area contributed by atoms with Gasteiger partial charge < -0.3 is 14.9 Å². The summed E-state index contributed by atoms with van der Waals surface area (Å²) in [4.78, 5) is 28.5. The van der Waals surface area contributed by atoms with Crippen LogP contribution in [0.4, 0.5) is 0 Å². The second-order valence-corrected chi connectivity index (χ2v) is 4.73. The fourth-order valence-electron chi connectivity index (χ4n) is 2.23. The molecule has 2 amide bonds. The first kappa shape index (κ1) is 12.3. The summed E-state index contributed by atoms with van der Waals surface area (Å²) in [6.45, 7) is 5.63. The van der Waals surface area contributed by atoms with Gasteiger partial charge in [0.15, 0.2) is 0 Å². The van der Waals surface area contributed by atoms with Crippen LogP contribution in [0.25, 0.3) is 0 Å². The number of rotatable bonds is 2. The lowest BCUT2D eigenvalue weighted by atomic mass is 10.1. The van der Waals surface area contributed by atoms with Crippen molar-refractivity contribution < 1.29 is 14.7 Å². The Labute approximate surface area is 101 Å². The molecular weight excluding hydrogens is 222 g/mol. The Morgan fingerprint density at radius 1 is 1.12 bits per heavy atom. The van der Waals surface area contributed by atoms with E-state index in [1.807, 2.05) is 4.90 Å². The molecule has 0 aromatic rings. The molecule has 2 saturated heterocycles. The summed E-state index contributed by atoms with van der Waals surface area (Å²) in [7, 11) is 0. The van der Waals surface area contributed by atoms with E-state index in [4.69, 9.17) is 5.11 Å². The van der Waals surface area contributed by atoms with Crippen molar-refractivity contribution in [2.75, 3.05) is 45.8 Å². The zero-order chi connectivity index (χ0) is 12.4. The monoisotopic (exact) mass is 241 g/mol. The summed E-state index contributed by atoms with van der Waals surface area (Å²) in [6, 6.07) is 0. The van der Waals surface area contributed by atoms with E-state index in [1.165, 1.54) is 0 Å². The van der Waals surface area contributed by atoms with Crippen molar-refractivity contribution >= 4 is 11.8 Å². The molecule has 0 spiro atoms. The zero-order valence-corrected chi connectivity index (χ0v) is 10.1. The largest absolute Gasteiger partial charge is 0.390 e. The average Bonchev–Trinajstić information content (AvgIpc) is 2.27. The van der Waals surface area contributed by atoms with E-state index in [2.05, 4.69) is 0 Å². The second-order valence-electron chi connectivity index (χ2n) is 4.73. The van der Waals surface area contributed by atoms with Gasteiger partial charge in [-0.2, -0.15) is 0 Å². The Balaban J connectivity index is 1.72. The highest BCUT2D eigenvalue weighted by Gasteiger charge is 2.29. The molecule has 0 radical (unpaired) electrons. The maximum atomic E-state index is 11.9. The Kier molecular flexibility index (Phi) is 3.63. The first-order valence-electron chi connectivity index (χ1n) is 6.00. The number of carbonyl (C=O) groups is 2. The molecule has 2 heterocycles. The van der Waals surface area contributed by atoms with E-state index in [0.717, 1.165) is 0 Å². The zero-order valence-electron chi connectivity index (χ0n) is 10.1. The Morgan fingerprint density at radius 3 is 2.12 bits per heavy atom. The highest BCUT2D eigenvalue weighted by atomic mass is 16.3. The molecule has 6 nitrogen and oxygen atoms in total. The van der Waals surface area contributed by atoms with E-state index in [1.54, 1.807) is 16.7 Å². The van der Waals surface area contributed by atoms with Crippen LogP contribution in [-0.4, -0.2) is 83.5 Å². The topological polar surface area (TPSA) is 64.1 Å². The van der Waals surface area contributed by atoms with Crippen LogP contribution >= 0.6 is 0 Å². The van der Waals surface area contributed by atoms with Gasteiger partial charge in [-0.3, -0.25) is 14.5 Å². The second kappa shape index (κ2) is 5.01. The summed E-state index contributed by atoms with van der Waals surface area (Å²) < 4.78 is 0. The van der Waals surface area contributed by atoms with Crippen LogP contribution in [0, 0.1) is 0 Å². The first-order chi connectivity index (χ1) is 8.06. The van der Waals surface area contributed by atoms with Gasteiger partial charge in [-0.15, -0.1) is 0 Å². The molecule has 1 N–H and O–H groups in total. The molecule has 0 saturated carbocycles. The summed E-state index contributed by atoms with van der Waals surface area (Å²) in [5.74, 6) is 0.170. The molecule has 0 aromatic carbocycles. The molecule has 6 heteroatoms. The molecule has 0 unspecified atom stereocenters. The van der Waals surface area contributed by atoms with Gasteiger partial charge in [-0.05, 0) is 0 Å². The number of aliphatic hydroxyl groups is 1. The van der Waals surface area contributed by atoms with Gasteiger partial charge in [0.25, 0.3) is 0 Å². The summed E-state index contributed by atoms with van der Waals surface area (Å²) in [5, 5.41) is 9.13. The number of nitrogens with zero attached hydrogens (tertiary/aromatic N) is 3. The van der Waals surface area contributed by atoms with Gasteiger partial charge >= 0.3 is 0 Å². The SMILES string of the molecule is CC(=O)N1CCN(C(=O)CN2CC(O)C2)CC1. The maximum absolute atomic E-state index is 11.9. The number of hydrogen-bond donors (Lipinski definition) is 1.